The van der Waals surface area contributed by atoms with Gasteiger partial charge in [-0.05, 0) is 12.1 Å². The summed E-state index contributed by atoms with van der Waals surface area (Å²) in [4.78, 5) is 0. The number of rotatable bonds is 1. The van der Waals surface area contributed by atoms with Crippen molar-refractivity contribution in [2.45, 2.75) is 18.0 Å². The molecule has 16 heavy (non-hydrogen) atoms. The van der Waals surface area contributed by atoms with Crippen LogP contribution in [0.4, 0.5) is 30.7 Å². The average molecular weight is 245 g/mol. The molecule has 1 rings (SSSR count). The quantitative estimate of drug-likeness (QED) is 0.660. The Morgan fingerprint density at radius 1 is 0.875 bits per heavy atom. The largest absolute Gasteiger partial charge is 0.435 e. The average Bonchev–Trinajstić information content (AvgIpc) is 2.14. The minimum atomic E-state index is -6.07. The number of benzene rings is 1. The van der Waals surface area contributed by atoms with Crippen LogP contribution in [0.2, 0.25) is 0 Å². The Balaban J connectivity index is 3.39. The van der Waals surface area contributed by atoms with Crippen LogP contribution in [-0.4, -0.2) is 12.4 Å². The molecule has 1 aromatic carbocycles. The SMILES string of the molecule is FC(F)(F)C(F)(c1c[c]ccc1)C(F)(F)F. The fourth-order valence-corrected chi connectivity index (χ4v) is 1.10. The molecule has 0 aliphatic rings. The summed E-state index contributed by atoms with van der Waals surface area (Å²) in [6.45, 7) is 0. The van der Waals surface area contributed by atoms with Gasteiger partial charge < -0.3 is 0 Å². The maximum atomic E-state index is 13.3. The summed E-state index contributed by atoms with van der Waals surface area (Å²) in [7, 11) is 0. The number of hydrogen-bond acceptors (Lipinski definition) is 0. The van der Waals surface area contributed by atoms with Crippen molar-refractivity contribution in [1.82, 2.24) is 0 Å². The van der Waals surface area contributed by atoms with Crippen molar-refractivity contribution in [3.63, 3.8) is 0 Å². The van der Waals surface area contributed by atoms with Gasteiger partial charge in [-0.3, -0.25) is 0 Å². The van der Waals surface area contributed by atoms with Gasteiger partial charge in [-0.15, -0.1) is 0 Å². The smallest absolute Gasteiger partial charge is 0.218 e. The molecule has 0 heterocycles. The molecule has 0 atom stereocenters. The Morgan fingerprint density at radius 2 is 1.38 bits per heavy atom. The first-order valence-electron chi connectivity index (χ1n) is 3.89. The predicted octanol–water partition coefficient (Wildman–Crippen LogP) is 3.78. The molecule has 0 fully saturated rings. The van der Waals surface area contributed by atoms with E-state index in [1.54, 1.807) is 0 Å². The van der Waals surface area contributed by atoms with E-state index in [1.807, 2.05) is 6.07 Å². The molecule has 0 saturated heterocycles. The Hall–Kier alpha value is -1.27. The van der Waals surface area contributed by atoms with E-state index in [1.165, 1.54) is 0 Å². The Labute approximate surface area is 85.7 Å². The van der Waals surface area contributed by atoms with Gasteiger partial charge in [-0.1, -0.05) is 18.2 Å². The Bertz CT molecular complexity index is 334. The third-order valence-electron chi connectivity index (χ3n) is 1.89. The zero-order valence-corrected chi connectivity index (χ0v) is 7.46. The first-order valence-corrected chi connectivity index (χ1v) is 3.89. The van der Waals surface area contributed by atoms with Crippen LogP contribution in [0.5, 0.6) is 0 Å². The van der Waals surface area contributed by atoms with Gasteiger partial charge in [0, 0.05) is 5.56 Å². The molecule has 1 radical (unpaired) electrons. The molecule has 0 N–H and O–H groups in total. The van der Waals surface area contributed by atoms with E-state index in [-0.39, 0.29) is 0 Å². The van der Waals surface area contributed by atoms with Gasteiger partial charge in [0.1, 0.15) is 0 Å². The van der Waals surface area contributed by atoms with Crippen molar-refractivity contribution in [2.24, 2.45) is 0 Å². The van der Waals surface area contributed by atoms with Crippen molar-refractivity contribution in [3.05, 3.63) is 35.9 Å². The first kappa shape index (κ1) is 12.8. The van der Waals surface area contributed by atoms with Crippen LogP contribution in [0.3, 0.4) is 0 Å². The molecule has 7 heteroatoms. The van der Waals surface area contributed by atoms with Crippen LogP contribution in [0.15, 0.2) is 24.3 Å². The molecule has 0 unspecified atom stereocenters. The number of halogens is 7. The van der Waals surface area contributed by atoms with Crippen molar-refractivity contribution >= 4 is 0 Å². The van der Waals surface area contributed by atoms with E-state index < -0.39 is 23.6 Å². The number of hydrogen-bond donors (Lipinski definition) is 0. The lowest BCUT2D eigenvalue weighted by atomic mass is 9.94. The fraction of sp³-hybridized carbons (Fsp3) is 0.333. The lowest BCUT2D eigenvalue weighted by Gasteiger charge is -2.30. The first-order chi connectivity index (χ1) is 7.11. The standard InChI is InChI=1S/C9H4F7/c10-7(8(11,12)13,9(14,15)16)6-4-2-1-3-5-6/h1-2,4-5H. The highest BCUT2D eigenvalue weighted by Crippen LogP contribution is 2.52. The molecule has 0 aliphatic carbocycles. The van der Waals surface area contributed by atoms with Gasteiger partial charge >= 0.3 is 18.0 Å². The van der Waals surface area contributed by atoms with Crippen LogP contribution in [0.1, 0.15) is 5.56 Å². The summed E-state index contributed by atoms with van der Waals surface area (Å²) < 4.78 is 86.3. The third kappa shape index (κ3) is 1.85. The monoisotopic (exact) mass is 245 g/mol. The highest BCUT2D eigenvalue weighted by Gasteiger charge is 2.73. The lowest BCUT2D eigenvalue weighted by molar-refractivity contribution is -0.348. The second kappa shape index (κ2) is 3.64. The Morgan fingerprint density at radius 3 is 1.69 bits per heavy atom. The molecule has 1 aromatic rings. The van der Waals surface area contributed by atoms with Crippen molar-refractivity contribution < 1.29 is 30.7 Å². The van der Waals surface area contributed by atoms with Gasteiger partial charge in [-0.25, -0.2) is 4.39 Å². The molecule has 0 amide bonds. The van der Waals surface area contributed by atoms with Crippen molar-refractivity contribution in [3.8, 4) is 0 Å². The predicted molar refractivity (Wildman–Crippen MR) is 40.2 cm³/mol. The van der Waals surface area contributed by atoms with Crippen LogP contribution in [-0.2, 0) is 5.67 Å². The molecule has 0 spiro atoms. The topological polar surface area (TPSA) is 0 Å². The summed E-state index contributed by atoms with van der Waals surface area (Å²) in [5.74, 6) is 0. The summed E-state index contributed by atoms with van der Waals surface area (Å²) in [5.41, 5.74) is -6.90. The second-order valence-electron chi connectivity index (χ2n) is 2.95. The van der Waals surface area contributed by atoms with E-state index in [0.29, 0.717) is 12.1 Å². The van der Waals surface area contributed by atoms with Crippen LogP contribution in [0.25, 0.3) is 0 Å². The van der Waals surface area contributed by atoms with Gasteiger partial charge in [0.15, 0.2) is 0 Å². The van der Waals surface area contributed by atoms with E-state index in [2.05, 4.69) is 0 Å². The van der Waals surface area contributed by atoms with Crippen molar-refractivity contribution in [1.29, 1.82) is 0 Å². The molecule has 0 bridgehead atoms. The highest BCUT2D eigenvalue weighted by molar-refractivity contribution is 5.25. The minimum Gasteiger partial charge on any atom is -0.218 e. The van der Waals surface area contributed by atoms with E-state index >= 15 is 0 Å². The van der Waals surface area contributed by atoms with Crippen LogP contribution < -0.4 is 0 Å². The second-order valence-corrected chi connectivity index (χ2v) is 2.95. The zero-order valence-electron chi connectivity index (χ0n) is 7.46. The van der Waals surface area contributed by atoms with Gasteiger partial charge in [0.25, 0.3) is 0 Å². The van der Waals surface area contributed by atoms with Gasteiger partial charge in [0.05, 0.1) is 0 Å². The van der Waals surface area contributed by atoms with Gasteiger partial charge in [0.2, 0.25) is 0 Å². The molecule has 0 nitrogen and oxygen atoms in total. The van der Waals surface area contributed by atoms with Gasteiger partial charge in [-0.2, -0.15) is 26.3 Å². The minimum absolute atomic E-state index is 0.320. The van der Waals surface area contributed by atoms with E-state index in [4.69, 9.17) is 0 Å². The molecule has 89 valence electrons. The number of alkyl halides is 7. The Kier molecular flexibility index (Phi) is 2.91. The van der Waals surface area contributed by atoms with Crippen molar-refractivity contribution in [2.75, 3.05) is 0 Å². The van der Waals surface area contributed by atoms with E-state index in [0.717, 1.165) is 12.1 Å². The maximum Gasteiger partial charge on any atom is 0.435 e. The molecule has 0 saturated carbocycles. The highest BCUT2D eigenvalue weighted by atomic mass is 19.4. The zero-order chi connectivity index (χ0) is 12.6. The molecule has 0 aliphatic heterocycles. The molecular formula is C9H4F7. The summed E-state index contributed by atoms with van der Waals surface area (Å²) in [6.07, 6.45) is -12.1. The maximum absolute atomic E-state index is 13.3. The normalized spacial score (nSPS) is 13.9. The molecule has 0 aromatic heterocycles. The summed E-state index contributed by atoms with van der Waals surface area (Å²) >= 11 is 0. The summed E-state index contributed by atoms with van der Waals surface area (Å²) in [5, 5.41) is 0. The fourth-order valence-electron chi connectivity index (χ4n) is 1.10. The third-order valence-corrected chi connectivity index (χ3v) is 1.89. The summed E-state index contributed by atoms with van der Waals surface area (Å²) in [6, 6.07) is 4.62. The van der Waals surface area contributed by atoms with E-state index in [9.17, 15) is 30.7 Å². The lowest BCUT2D eigenvalue weighted by Crippen LogP contribution is -2.50. The molecular weight excluding hydrogens is 241 g/mol. The van der Waals surface area contributed by atoms with Crippen LogP contribution >= 0.6 is 0 Å². The van der Waals surface area contributed by atoms with Crippen LogP contribution in [0, 0.1) is 6.07 Å².